The Morgan fingerprint density at radius 3 is 2.57 bits per heavy atom. The van der Waals surface area contributed by atoms with Crippen LogP contribution in [0.2, 0.25) is 0 Å². The number of aryl methyl sites for hydroxylation is 2. The minimum Gasteiger partial charge on any atom is -0.490 e. The molecular weight excluding hydrogens is 607 g/mol. The summed E-state index contributed by atoms with van der Waals surface area (Å²) in [5, 5.41) is 12.1. The molecule has 2 fully saturated rings. The summed E-state index contributed by atoms with van der Waals surface area (Å²) in [6.45, 7) is 13.6. The van der Waals surface area contributed by atoms with Crippen LogP contribution in [0.15, 0.2) is 12.1 Å². The number of nitrogens with zero attached hydrogens (tertiary/aromatic N) is 6. The number of benzene rings is 1. The molecule has 46 heavy (non-hydrogen) atoms. The summed E-state index contributed by atoms with van der Waals surface area (Å²) in [6, 6.07) is 4.19. The number of rotatable bonds is 7. The number of hydrogen-bond acceptors (Lipinski definition) is 9. The van der Waals surface area contributed by atoms with E-state index in [0.29, 0.717) is 52.3 Å². The summed E-state index contributed by atoms with van der Waals surface area (Å²) in [4.78, 5) is 27.6. The summed E-state index contributed by atoms with van der Waals surface area (Å²) in [6.07, 6.45) is 2.74. The van der Waals surface area contributed by atoms with Crippen LogP contribution in [-0.4, -0.2) is 79.3 Å². The second-order valence-corrected chi connectivity index (χ2v) is 14.4. The van der Waals surface area contributed by atoms with Gasteiger partial charge in [-0.25, -0.2) is 14.2 Å². The van der Waals surface area contributed by atoms with Gasteiger partial charge in [0.25, 0.3) is 0 Å². The van der Waals surface area contributed by atoms with E-state index in [0.717, 1.165) is 60.6 Å². The lowest BCUT2D eigenvalue weighted by atomic mass is 9.86. The highest BCUT2D eigenvalue weighted by atomic mass is 32.1. The molecule has 1 aliphatic carbocycles. The van der Waals surface area contributed by atoms with Crippen molar-refractivity contribution in [2.75, 3.05) is 37.7 Å². The molecule has 3 aromatic heterocycles. The number of carboxylic acid groups (broad SMARTS) is 1. The third-order valence-corrected chi connectivity index (χ3v) is 10.1. The van der Waals surface area contributed by atoms with E-state index >= 15 is 4.39 Å². The number of carboxylic acids is 1. The molecule has 5 heterocycles. The predicted molar refractivity (Wildman–Crippen MR) is 176 cm³/mol. The maximum absolute atomic E-state index is 15.7. The van der Waals surface area contributed by atoms with Crippen LogP contribution in [0.4, 0.5) is 9.52 Å². The van der Waals surface area contributed by atoms with E-state index in [1.165, 1.54) is 30.4 Å². The zero-order valence-corrected chi connectivity index (χ0v) is 28.1. The highest BCUT2D eigenvalue weighted by molar-refractivity contribution is 7.09. The number of carbonyl (C=O) groups is 1. The number of halogens is 1. The van der Waals surface area contributed by atoms with Crippen molar-refractivity contribution in [1.82, 2.24) is 23.8 Å². The number of aromatic nitrogens is 4. The molecule has 244 valence electrons. The molecule has 1 N–H and O–H groups in total. The molecule has 10 nitrogen and oxygen atoms in total. The van der Waals surface area contributed by atoms with E-state index in [9.17, 15) is 9.90 Å². The third kappa shape index (κ3) is 5.54. The number of aliphatic carboxylic acids is 1. The summed E-state index contributed by atoms with van der Waals surface area (Å²) in [5.41, 5.74) is 4.39. The largest absolute Gasteiger partial charge is 0.490 e. The van der Waals surface area contributed by atoms with Gasteiger partial charge in [-0.3, -0.25) is 4.90 Å². The monoisotopic (exact) mass is 648 g/mol. The normalized spacial score (nSPS) is 18.1. The van der Waals surface area contributed by atoms with Gasteiger partial charge in [0.1, 0.15) is 5.65 Å². The summed E-state index contributed by atoms with van der Waals surface area (Å²) in [7, 11) is 1.91. The molecule has 4 aromatic rings. The predicted octanol–water partition coefficient (Wildman–Crippen LogP) is 6.06. The SMILES string of the molecule is Cc1nc2c(cc(-c3nsc(N4CCN(C5CC5)CC4)n3)n2C)c(-c2cc(F)c3c(c2C)CCCO3)c1[C@H](OC(C)(C)C)C(=O)O. The van der Waals surface area contributed by atoms with E-state index in [1.807, 2.05) is 45.4 Å². The van der Waals surface area contributed by atoms with Crippen molar-refractivity contribution in [2.45, 2.75) is 78.0 Å². The topological polar surface area (TPSA) is 106 Å². The van der Waals surface area contributed by atoms with Gasteiger partial charge in [0.05, 0.1) is 17.9 Å². The lowest BCUT2D eigenvalue weighted by molar-refractivity contribution is -0.160. The molecule has 0 bridgehead atoms. The van der Waals surface area contributed by atoms with Crippen LogP contribution in [0.3, 0.4) is 0 Å². The Morgan fingerprint density at radius 2 is 1.89 bits per heavy atom. The van der Waals surface area contributed by atoms with Crippen molar-refractivity contribution in [3.05, 3.63) is 40.3 Å². The van der Waals surface area contributed by atoms with Gasteiger partial charge in [0, 0.05) is 78.6 Å². The Kier molecular flexibility index (Phi) is 7.80. The third-order valence-electron chi connectivity index (χ3n) is 9.36. The second kappa shape index (κ2) is 11.6. The maximum atomic E-state index is 15.7. The number of pyridine rings is 1. The first-order chi connectivity index (χ1) is 21.9. The van der Waals surface area contributed by atoms with Crippen LogP contribution in [-0.2, 0) is 23.0 Å². The highest BCUT2D eigenvalue weighted by Crippen LogP contribution is 2.45. The van der Waals surface area contributed by atoms with E-state index < -0.39 is 23.5 Å². The lowest BCUT2D eigenvalue weighted by Crippen LogP contribution is -2.47. The van der Waals surface area contributed by atoms with E-state index in [-0.39, 0.29) is 5.75 Å². The number of fused-ring (bicyclic) bond motifs is 2. The first kappa shape index (κ1) is 31.0. The van der Waals surface area contributed by atoms with Gasteiger partial charge in [-0.15, -0.1) is 0 Å². The van der Waals surface area contributed by atoms with E-state index in [2.05, 4.69) is 9.80 Å². The molecule has 12 heteroatoms. The van der Waals surface area contributed by atoms with E-state index in [1.54, 1.807) is 6.92 Å². The first-order valence-electron chi connectivity index (χ1n) is 16.1. The fraction of sp³-hybridized carbons (Fsp3) is 0.529. The van der Waals surface area contributed by atoms with Crippen LogP contribution in [0, 0.1) is 19.7 Å². The minimum atomic E-state index is -1.33. The number of anilines is 1. The van der Waals surface area contributed by atoms with Crippen molar-refractivity contribution in [1.29, 1.82) is 0 Å². The Hall–Kier alpha value is -3.61. The standard InChI is InChI=1S/C34H41FN6O4S/c1-18-21-8-7-15-44-28(21)24(35)16-22(18)27-23-17-25(30-37-33(46-38-30)41-13-11-40(12-14-41)20-9-10-20)39(6)31(23)36-19(2)26(27)29(32(42)43)45-34(3,4)5/h16-17,20,29H,7-15H2,1-6H3,(H,42,43)/t29-/m0/s1. The highest BCUT2D eigenvalue weighted by Gasteiger charge is 2.35. The van der Waals surface area contributed by atoms with Gasteiger partial charge in [0.2, 0.25) is 5.13 Å². The molecule has 3 aliphatic rings. The van der Waals surface area contributed by atoms with Crippen LogP contribution >= 0.6 is 11.5 Å². The quantitative estimate of drug-likeness (QED) is 0.256. The maximum Gasteiger partial charge on any atom is 0.337 e. The van der Waals surface area contributed by atoms with Gasteiger partial charge in [-0.05, 0) is 83.6 Å². The van der Waals surface area contributed by atoms with Crippen molar-refractivity contribution in [3.8, 4) is 28.4 Å². The fourth-order valence-corrected chi connectivity index (χ4v) is 7.68. The van der Waals surface area contributed by atoms with Gasteiger partial charge in [0.15, 0.2) is 23.5 Å². The Labute approximate surface area is 272 Å². The molecule has 1 aromatic carbocycles. The number of hydrogen-bond donors (Lipinski definition) is 1. The Balaban J connectivity index is 1.39. The van der Waals surface area contributed by atoms with Gasteiger partial charge < -0.3 is 24.0 Å². The van der Waals surface area contributed by atoms with Crippen molar-refractivity contribution in [3.63, 3.8) is 0 Å². The molecule has 1 atom stereocenters. The molecule has 2 aliphatic heterocycles. The molecule has 7 rings (SSSR count). The smallest absolute Gasteiger partial charge is 0.337 e. The Bertz CT molecular complexity index is 1830. The van der Waals surface area contributed by atoms with Crippen LogP contribution in [0.1, 0.15) is 68.5 Å². The molecule has 0 radical (unpaired) electrons. The molecule has 0 spiro atoms. The van der Waals surface area contributed by atoms with Crippen molar-refractivity contribution < 1.29 is 23.8 Å². The number of ether oxygens (including phenoxy) is 2. The average molecular weight is 649 g/mol. The van der Waals surface area contributed by atoms with Crippen molar-refractivity contribution >= 4 is 33.7 Å². The molecule has 1 saturated carbocycles. The summed E-state index contributed by atoms with van der Waals surface area (Å²) in [5.74, 6) is -0.736. The zero-order valence-electron chi connectivity index (χ0n) is 27.3. The molecule has 1 saturated heterocycles. The molecule has 0 unspecified atom stereocenters. The zero-order chi connectivity index (χ0) is 32.5. The lowest BCUT2D eigenvalue weighted by Gasteiger charge is -2.34. The summed E-state index contributed by atoms with van der Waals surface area (Å²) < 4.78 is 34.4. The Morgan fingerprint density at radius 1 is 1.15 bits per heavy atom. The summed E-state index contributed by atoms with van der Waals surface area (Å²) >= 11 is 1.39. The van der Waals surface area contributed by atoms with Gasteiger partial charge >= 0.3 is 5.97 Å². The van der Waals surface area contributed by atoms with Crippen molar-refractivity contribution in [2.24, 2.45) is 7.05 Å². The molecular formula is C34H41FN6O4S. The minimum absolute atomic E-state index is 0.280. The average Bonchev–Trinajstić information content (AvgIpc) is 3.67. The van der Waals surface area contributed by atoms with Gasteiger partial charge in [-0.1, -0.05) is 0 Å². The molecule has 0 amide bonds. The van der Waals surface area contributed by atoms with Crippen LogP contribution < -0.4 is 9.64 Å². The first-order valence-corrected chi connectivity index (χ1v) is 16.9. The van der Waals surface area contributed by atoms with Gasteiger partial charge in [-0.2, -0.15) is 9.36 Å². The number of piperazine rings is 1. The van der Waals surface area contributed by atoms with Crippen LogP contribution in [0.5, 0.6) is 5.75 Å². The van der Waals surface area contributed by atoms with E-state index in [4.69, 9.17) is 23.8 Å². The fourth-order valence-electron chi connectivity index (χ4n) is 6.95. The van der Waals surface area contributed by atoms with Crippen LogP contribution in [0.25, 0.3) is 33.7 Å². The second-order valence-electron chi connectivity index (χ2n) is 13.7.